The normalized spacial score (nSPS) is 0.667. The summed E-state index contributed by atoms with van der Waals surface area (Å²) < 4.78 is 0. The first-order valence-corrected chi connectivity index (χ1v) is 2.42. The van der Waals surface area contributed by atoms with Gasteiger partial charge in [-0.05, 0) is 0 Å². The summed E-state index contributed by atoms with van der Waals surface area (Å²) in [5.74, 6) is 0. The molecule has 0 unspecified atom stereocenters. The van der Waals surface area contributed by atoms with Crippen LogP contribution < -0.4 is 0 Å². The van der Waals surface area contributed by atoms with Gasteiger partial charge in [0.15, 0.2) is 0 Å². The third kappa shape index (κ3) is 28.4. The molecule has 3 radical (unpaired) electrons. The van der Waals surface area contributed by atoms with Gasteiger partial charge in [-0.2, -0.15) is 0 Å². The standard InChI is InChI=1S/BH2.Co.Cu.Mn.Mo.Zn/h1H2;;;;;/q+1;;;;-1;. The Kier molecular flexibility index (Phi) is 270. The molecule has 0 fully saturated rings. The summed E-state index contributed by atoms with van der Waals surface area (Å²) in [5.41, 5.74) is 0. The Hall–Kier alpha value is 2.92. The van der Waals surface area contributed by atoms with Crippen molar-refractivity contribution in [1.29, 1.82) is 0 Å². The Morgan fingerprint density at radius 1 is 1.17 bits per heavy atom. The molecule has 0 N–H and O–H groups in total. The third-order valence-corrected chi connectivity index (χ3v) is 0. The predicted octanol–water partition coefficient (Wildman–Crippen LogP) is -0.929. The van der Waals surface area contributed by atoms with Crippen LogP contribution in [-0.4, -0.2) is 6.11 Å². The van der Waals surface area contributed by atoms with Crippen LogP contribution >= 0.6 is 0 Å². The van der Waals surface area contributed by atoms with E-state index in [9.17, 15) is 0 Å². The van der Waals surface area contributed by atoms with Gasteiger partial charge in [-0.15, -0.1) is 0 Å². The molecule has 0 aliphatic carbocycles. The SMILES string of the molecule is [BH2][Mo].[Co].[Cu].[Mn].[Zn]. The predicted molar refractivity (Wildman–Crippen MR) is 8.54 cm³/mol. The second-order valence-corrected chi connectivity index (χ2v) is 0. The monoisotopic (exact) mass is 352 g/mol. The number of hydrogen-bond acceptors (Lipinski definition) is 0. The maximum absolute atomic E-state index is 2.01. The zero-order chi connectivity index (χ0) is 2.00. The first-order chi connectivity index (χ1) is 1.00. The van der Waals surface area contributed by atoms with Gasteiger partial charge in [0.05, 0.1) is 0 Å². The summed E-state index contributed by atoms with van der Waals surface area (Å²) in [4.78, 5) is 0. The molecule has 0 nitrogen and oxygen atoms in total. The van der Waals surface area contributed by atoms with Gasteiger partial charge in [0, 0.05) is 70.4 Å². The molecule has 0 amide bonds. The topological polar surface area (TPSA) is 0 Å². The summed E-state index contributed by atoms with van der Waals surface area (Å²) >= 11 is 1.95. The van der Waals surface area contributed by atoms with Crippen molar-refractivity contribution in [1.82, 2.24) is 0 Å². The number of hydrogen-bond donors (Lipinski definition) is 0. The van der Waals surface area contributed by atoms with Gasteiger partial charge in [0.25, 0.3) is 0 Å². The smallest absolute Gasteiger partial charge is 0 e. The molecule has 40 valence electrons. The molecule has 0 aliphatic heterocycles. The van der Waals surface area contributed by atoms with Gasteiger partial charge < -0.3 is 0 Å². The van der Waals surface area contributed by atoms with E-state index in [2.05, 4.69) is 0 Å². The van der Waals surface area contributed by atoms with E-state index >= 15 is 0 Å². The first kappa shape index (κ1) is 36.4. The molecule has 0 bridgehead atoms. The van der Waals surface area contributed by atoms with E-state index in [4.69, 9.17) is 0 Å². The minimum Gasteiger partial charge on any atom is 0 e. The average Bonchev–Trinajstić information content (AvgIpc) is 1.00. The van der Waals surface area contributed by atoms with Gasteiger partial charge in [0.1, 0.15) is 0 Å². The molecule has 0 heterocycles. The first-order valence-electron chi connectivity index (χ1n) is 0.408. The van der Waals surface area contributed by atoms with E-state index < -0.39 is 0 Å². The van der Waals surface area contributed by atoms with Crippen LogP contribution in [0.15, 0.2) is 0 Å². The van der Waals surface area contributed by atoms with Crippen molar-refractivity contribution < 1.29 is 90.0 Å². The van der Waals surface area contributed by atoms with Crippen LogP contribution in [0.1, 0.15) is 0 Å². The van der Waals surface area contributed by atoms with Crippen LogP contribution in [-0.2, 0) is 90.0 Å². The van der Waals surface area contributed by atoms with Crippen LogP contribution in [0.5, 0.6) is 0 Å². The van der Waals surface area contributed by atoms with Crippen molar-refractivity contribution in [2.45, 2.75) is 0 Å². The van der Waals surface area contributed by atoms with Gasteiger partial charge in [-0.1, -0.05) is 0 Å². The molecule has 0 aromatic heterocycles. The quantitative estimate of drug-likeness (QED) is 0.495. The summed E-state index contributed by atoms with van der Waals surface area (Å²) in [5, 5.41) is 0. The maximum atomic E-state index is 2.01. The maximum Gasteiger partial charge on any atom is 0 e. The van der Waals surface area contributed by atoms with Crippen LogP contribution in [0.25, 0.3) is 0 Å². The fourth-order valence-electron chi connectivity index (χ4n) is 0. The van der Waals surface area contributed by atoms with E-state index in [1.165, 1.54) is 0 Å². The summed E-state index contributed by atoms with van der Waals surface area (Å²) in [6.45, 7) is 0. The van der Waals surface area contributed by atoms with Crippen LogP contribution in [0.2, 0.25) is 0 Å². The Morgan fingerprint density at radius 3 is 1.17 bits per heavy atom. The van der Waals surface area contributed by atoms with Crippen molar-refractivity contribution in [2.75, 3.05) is 0 Å². The van der Waals surface area contributed by atoms with Crippen molar-refractivity contribution in [2.24, 2.45) is 0 Å². The van der Waals surface area contributed by atoms with Crippen molar-refractivity contribution in [3.63, 3.8) is 0 Å². The fourth-order valence-corrected chi connectivity index (χ4v) is 0. The zero-order valence-corrected chi connectivity index (χ0v) is 11.3. The number of rotatable bonds is 0. The van der Waals surface area contributed by atoms with Gasteiger partial charge >= 0.3 is 25.7 Å². The second kappa shape index (κ2) is 44.5. The molecule has 0 aliphatic rings. The van der Waals surface area contributed by atoms with Crippen LogP contribution in [0.3, 0.4) is 0 Å². The van der Waals surface area contributed by atoms with Gasteiger partial charge in [-0.3, -0.25) is 0 Å². The molecule has 0 aromatic carbocycles. The summed E-state index contributed by atoms with van der Waals surface area (Å²) in [6.07, 6.45) is 2.01. The zero-order valence-electron chi connectivity index (χ0n) is 3.13. The molecular weight excluding hydrogens is 350 g/mol. The molecule has 0 spiro atoms. The van der Waals surface area contributed by atoms with Crippen molar-refractivity contribution >= 4 is 6.11 Å². The van der Waals surface area contributed by atoms with E-state index in [1.807, 2.05) is 25.7 Å². The second-order valence-electron chi connectivity index (χ2n) is 0. The van der Waals surface area contributed by atoms with E-state index in [-0.39, 0.29) is 70.4 Å². The van der Waals surface area contributed by atoms with Crippen LogP contribution in [0.4, 0.5) is 0 Å². The Balaban J connectivity index is -0.000000000833. The largest absolute Gasteiger partial charge is 0 e. The average molecular weight is 352 g/mol. The molecule has 0 saturated carbocycles. The molecular formula is H2BCoCuMnMoZn. The molecule has 0 atom stereocenters. The Labute approximate surface area is 94.7 Å². The van der Waals surface area contributed by atoms with Gasteiger partial charge in [-0.25, -0.2) is 0 Å². The van der Waals surface area contributed by atoms with E-state index in [0.717, 1.165) is 0 Å². The van der Waals surface area contributed by atoms with E-state index in [1.54, 1.807) is 0 Å². The minimum absolute atomic E-state index is 0. The van der Waals surface area contributed by atoms with Gasteiger partial charge in [0.2, 0.25) is 0 Å². The Bertz CT molecular complexity index is 15.5. The molecule has 6 heteroatoms. The molecule has 0 aromatic rings. The molecule has 0 saturated heterocycles. The van der Waals surface area contributed by atoms with Crippen LogP contribution in [0, 0.1) is 0 Å². The third-order valence-electron chi connectivity index (χ3n) is 0. The summed E-state index contributed by atoms with van der Waals surface area (Å²) in [6, 6.07) is 0. The fraction of sp³-hybridized carbons (Fsp3) is 0. The molecule has 6 heavy (non-hydrogen) atoms. The molecule has 0 rings (SSSR count). The van der Waals surface area contributed by atoms with E-state index in [0.29, 0.717) is 0 Å². The van der Waals surface area contributed by atoms with Crippen molar-refractivity contribution in [3.05, 3.63) is 0 Å². The Morgan fingerprint density at radius 2 is 1.17 bits per heavy atom. The van der Waals surface area contributed by atoms with Crippen molar-refractivity contribution in [3.8, 4) is 0 Å². The summed E-state index contributed by atoms with van der Waals surface area (Å²) in [7, 11) is 0. The minimum atomic E-state index is 0.